The van der Waals surface area contributed by atoms with E-state index in [1.165, 1.54) is 15.9 Å². The number of hydrogen-bond donors (Lipinski definition) is 2. The first-order valence-electron chi connectivity index (χ1n) is 13.3. The van der Waals surface area contributed by atoms with Crippen LogP contribution in [-0.2, 0) is 13.1 Å². The summed E-state index contributed by atoms with van der Waals surface area (Å²) in [6.45, 7) is 5.87. The molecule has 9 nitrogen and oxygen atoms in total. The average molecular weight is 599 g/mol. The van der Waals surface area contributed by atoms with Crippen LogP contribution in [0, 0.1) is 5.41 Å². The second-order valence-corrected chi connectivity index (χ2v) is 12.6. The van der Waals surface area contributed by atoms with Crippen molar-refractivity contribution in [1.29, 1.82) is 0 Å². The minimum Gasteiger partial charge on any atom is -1.00 e. The molecule has 0 amide bonds. The molecule has 0 bridgehead atoms. The van der Waals surface area contributed by atoms with E-state index in [0.29, 0.717) is 22.0 Å². The van der Waals surface area contributed by atoms with Gasteiger partial charge >= 0.3 is 62.8 Å². The van der Waals surface area contributed by atoms with Crippen molar-refractivity contribution in [1.82, 2.24) is 19.3 Å². The molecule has 3 aromatic heterocycles. The van der Waals surface area contributed by atoms with E-state index in [1.54, 1.807) is 4.57 Å². The number of aliphatic hydroxyl groups excluding tert-OH is 1. The third-order valence-corrected chi connectivity index (χ3v) is 8.80. The maximum atomic E-state index is 13.7. The van der Waals surface area contributed by atoms with Gasteiger partial charge in [0.25, 0.3) is 5.56 Å². The molecule has 2 N–H and O–H groups in total. The van der Waals surface area contributed by atoms with Crippen molar-refractivity contribution in [3.05, 3.63) is 96.4 Å². The molecule has 1 saturated carbocycles. The standard InChI is InChI=1S/C30H30N4O5S.K.H/c1-30(2,3)24(35)16-33-26(36)22-14-23(19-12-13-19)40-27(22)34(29(33)38)15-17-8-10-18(11-9-17)20-6-4-5-7-21(20)25-31-28(37)39-32-25;;/h4-11,14,19,24,35H,12-13,15-16H2,1-3H3,(H,31,32,37);;/q;+1;-1. The van der Waals surface area contributed by atoms with Crippen molar-refractivity contribution in [3.63, 3.8) is 0 Å². The molecule has 2 aromatic carbocycles. The van der Waals surface area contributed by atoms with Gasteiger partial charge in [0, 0.05) is 10.4 Å². The second kappa shape index (κ2) is 11.7. The smallest absolute Gasteiger partial charge is 1.00 e. The molecule has 11 heteroatoms. The van der Waals surface area contributed by atoms with Crippen molar-refractivity contribution in [2.45, 2.75) is 58.7 Å². The molecule has 1 atom stereocenters. The number of hydrogen-bond acceptors (Lipinski definition) is 7. The summed E-state index contributed by atoms with van der Waals surface area (Å²) in [4.78, 5) is 43.1. The van der Waals surface area contributed by atoms with Crippen LogP contribution < -0.4 is 68.4 Å². The zero-order valence-electron chi connectivity index (χ0n) is 24.5. The van der Waals surface area contributed by atoms with Crippen LogP contribution in [0.4, 0.5) is 0 Å². The Labute approximate surface area is 283 Å². The van der Waals surface area contributed by atoms with Crippen LogP contribution in [0.3, 0.4) is 0 Å². The van der Waals surface area contributed by atoms with E-state index in [0.717, 1.165) is 40.0 Å². The van der Waals surface area contributed by atoms with E-state index < -0.39 is 23.0 Å². The Morgan fingerprint density at radius 1 is 1.07 bits per heavy atom. The molecule has 1 fully saturated rings. The third kappa shape index (κ3) is 6.08. The number of benzene rings is 2. The molecule has 3 heterocycles. The molecule has 208 valence electrons. The average Bonchev–Trinajstić information content (AvgIpc) is 3.54. The molecule has 0 aliphatic heterocycles. The Balaban J connectivity index is 0.00000202. The summed E-state index contributed by atoms with van der Waals surface area (Å²) in [5, 5.41) is 15.1. The molecular weight excluding hydrogens is 568 g/mol. The predicted molar refractivity (Wildman–Crippen MR) is 156 cm³/mol. The van der Waals surface area contributed by atoms with E-state index in [2.05, 4.69) is 10.1 Å². The van der Waals surface area contributed by atoms with Crippen LogP contribution in [0.25, 0.3) is 32.7 Å². The summed E-state index contributed by atoms with van der Waals surface area (Å²) in [5.74, 6) is 0.183. The number of nitrogens with one attached hydrogen (secondary N) is 1. The van der Waals surface area contributed by atoms with Crippen LogP contribution in [-0.4, -0.2) is 30.5 Å². The van der Waals surface area contributed by atoms with Crippen LogP contribution in [0.5, 0.6) is 0 Å². The Bertz CT molecular complexity index is 1890. The molecule has 6 rings (SSSR count). The van der Waals surface area contributed by atoms with Gasteiger partial charge in [-0.15, -0.1) is 11.3 Å². The van der Waals surface area contributed by atoms with Gasteiger partial charge in [-0.1, -0.05) is 74.5 Å². The van der Waals surface area contributed by atoms with Crippen molar-refractivity contribution < 1.29 is 62.4 Å². The Hall–Kier alpha value is -2.38. The number of rotatable bonds is 7. The maximum absolute atomic E-state index is 13.7. The van der Waals surface area contributed by atoms with Gasteiger partial charge in [0.1, 0.15) is 4.83 Å². The van der Waals surface area contributed by atoms with Crippen LogP contribution in [0.15, 0.2) is 73.5 Å². The number of thiophene rings is 1. The van der Waals surface area contributed by atoms with Crippen molar-refractivity contribution in [3.8, 4) is 22.5 Å². The first-order chi connectivity index (χ1) is 19.1. The normalized spacial score (nSPS) is 14.2. The summed E-state index contributed by atoms with van der Waals surface area (Å²) in [7, 11) is 0. The number of aliphatic hydroxyl groups is 1. The van der Waals surface area contributed by atoms with Gasteiger partial charge in [-0.2, -0.15) is 0 Å². The Morgan fingerprint density at radius 3 is 2.37 bits per heavy atom. The third-order valence-electron chi connectivity index (χ3n) is 7.48. The zero-order valence-corrected chi connectivity index (χ0v) is 27.4. The topological polar surface area (TPSA) is 123 Å². The summed E-state index contributed by atoms with van der Waals surface area (Å²) in [6.07, 6.45) is 1.34. The monoisotopic (exact) mass is 598 g/mol. The minimum atomic E-state index is -0.857. The number of fused-ring (bicyclic) bond motifs is 1. The number of aromatic amines is 1. The van der Waals surface area contributed by atoms with E-state index in [9.17, 15) is 19.5 Å². The van der Waals surface area contributed by atoms with Crippen molar-refractivity contribution in [2.24, 2.45) is 5.41 Å². The molecule has 1 aliphatic rings. The van der Waals surface area contributed by atoms with Gasteiger partial charge in [0.15, 0.2) is 5.82 Å². The molecule has 0 radical (unpaired) electrons. The van der Waals surface area contributed by atoms with E-state index in [-0.39, 0.29) is 71.5 Å². The van der Waals surface area contributed by atoms with Gasteiger partial charge in [0.05, 0.1) is 24.6 Å². The predicted octanol–water partition coefficient (Wildman–Crippen LogP) is 1.68. The number of H-pyrrole nitrogens is 1. The van der Waals surface area contributed by atoms with Gasteiger partial charge in [-0.3, -0.25) is 23.4 Å². The Morgan fingerprint density at radius 2 is 1.76 bits per heavy atom. The fraction of sp³-hybridized carbons (Fsp3) is 0.333. The number of aromatic nitrogens is 4. The van der Waals surface area contributed by atoms with Crippen LogP contribution in [0.2, 0.25) is 0 Å². The van der Waals surface area contributed by atoms with Gasteiger partial charge in [-0.05, 0) is 46.9 Å². The molecule has 41 heavy (non-hydrogen) atoms. The van der Waals surface area contributed by atoms with Crippen molar-refractivity contribution in [2.75, 3.05) is 0 Å². The molecular formula is C30H31KN4O5S. The Kier molecular flexibility index (Phi) is 8.60. The van der Waals surface area contributed by atoms with E-state index in [1.807, 2.05) is 75.4 Å². The second-order valence-electron chi connectivity index (χ2n) is 11.5. The molecule has 0 spiro atoms. The SMILES string of the molecule is CC(C)(C)C(O)Cn1c(=O)c2cc(C3CC3)sc2n(Cc2ccc(-c3ccccc3-c3noc(=O)[nH]3)cc2)c1=O.[H-].[K+]. The summed E-state index contributed by atoms with van der Waals surface area (Å²) >= 11 is 1.52. The van der Waals surface area contributed by atoms with Crippen molar-refractivity contribution >= 4 is 21.6 Å². The van der Waals surface area contributed by atoms with E-state index in [4.69, 9.17) is 4.52 Å². The quantitative estimate of drug-likeness (QED) is 0.275. The molecule has 1 aliphatic carbocycles. The molecule has 1 unspecified atom stereocenters. The summed E-state index contributed by atoms with van der Waals surface area (Å²) in [6, 6.07) is 17.3. The zero-order chi connectivity index (χ0) is 28.2. The van der Waals surface area contributed by atoms with E-state index >= 15 is 0 Å². The summed E-state index contributed by atoms with van der Waals surface area (Å²) in [5.41, 5.74) is 2.15. The molecule has 5 aromatic rings. The number of nitrogens with zero attached hydrogens (tertiary/aromatic N) is 3. The summed E-state index contributed by atoms with van der Waals surface area (Å²) < 4.78 is 7.53. The molecule has 0 saturated heterocycles. The van der Waals surface area contributed by atoms with Gasteiger partial charge < -0.3 is 6.53 Å². The fourth-order valence-electron chi connectivity index (χ4n) is 4.79. The minimum absolute atomic E-state index is 0. The van der Waals surface area contributed by atoms with Crippen LogP contribution in [0.1, 0.15) is 51.4 Å². The largest absolute Gasteiger partial charge is 1.00 e. The van der Waals surface area contributed by atoms with Gasteiger partial charge in [0.2, 0.25) is 0 Å². The maximum Gasteiger partial charge on any atom is 1.00 e. The van der Waals surface area contributed by atoms with Gasteiger partial charge in [-0.25, -0.2) is 9.59 Å². The first-order valence-corrected chi connectivity index (χ1v) is 14.1. The van der Waals surface area contributed by atoms with Crippen LogP contribution >= 0.6 is 11.3 Å². The fourth-order valence-corrected chi connectivity index (χ4v) is 6.11. The first kappa shape index (κ1) is 30.1.